The maximum Gasteiger partial charge on any atom is 0.188 e. The lowest BCUT2D eigenvalue weighted by Gasteiger charge is -2.40. The molecule has 7 aromatic heterocycles. The summed E-state index contributed by atoms with van der Waals surface area (Å²) < 4.78 is 17.1. The topological polar surface area (TPSA) is 76.3 Å². The van der Waals surface area contributed by atoms with Crippen LogP contribution in [0.2, 0.25) is 0 Å². The van der Waals surface area contributed by atoms with Crippen molar-refractivity contribution < 1.29 is 4.74 Å². The fraction of sp³-hybridized carbons (Fsp3) is 0.0139. The number of benzene rings is 9. The van der Waals surface area contributed by atoms with E-state index in [0.29, 0.717) is 22.9 Å². The molecule has 9 aromatic carbocycles. The average molecular weight is 1050 g/mol. The number of hydrogen-bond acceptors (Lipinski definition) is 4. The van der Waals surface area contributed by atoms with Crippen molar-refractivity contribution >= 4 is 98.6 Å². The summed E-state index contributed by atoms with van der Waals surface area (Å²) in [5.41, 5.74) is 16.7. The van der Waals surface area contributed by atoms with E-state index in [-0.39, 0.29) is 0 Å². The monoisotopic (exact) mass is 1050 g/mol. The van der Waals surface area contributed by atoms with Crippen LogP contribution in [0.5, 0.6) is 11.5 Å². The number of nitrogens with zero attached hydrogens (tertiary/aromatic N) is 9. The molecule has 2 aliphatic rings. The van der Waals surface area contributed by atoms with E-state index in [1.165, 1.54) is 0 Å². The zero-order chi connectivity index (χ0) is 53.9. The third-order valence-corrected chi connectivity index (χ3v) is 17.4. The van der Waals surface area contributed by atoms with Gasteiger partial charge in [-0.3, -0.25) is 15.0 Å². The number of hydrogen-bond donors (Lipinski definition) is 0. The predicted molar refractivity (Wildman–Crippen MR) is 327 cm³/mol. The van der Waals surface area contributed by atoms with Crippen molar-refractivity contribution in [3.05, 3.63) is 282 Å². The van der Waals surface area contributed by atoms with E-state index < -0.39 is 5.41 Å². The fourth-order valence-electron chi connectivity index (χ4n) is 14.2. The number of aromatic nitrogens is 7. The molecule has 0 saturated heterocycles. The summed E-state index contributed by atoms with van der Waals surface area (Å²) in [4.78, 5) is 23.7. The number of para-hydroxylation sites is 7. The molecule has 10 nitrogen and oxygen atoms in total. The van der Waals surface area contributed by atoms with E-state index in [1.54, 1.807) is 0 Å². The lowest BCUT2D eigenvalue weighted by molar-refractivity contribution is 0.433. The molecule has 1 aliphatic carbocycles. The average Bonchev–Trinajstić information content (AvgIpc) is 1.90. The van der Waals surface area contributed by atoms with Gasteiger partial charge in [-0.25, -0.2) is 9.69 Å². The van der Waals surface area contributed by atoms with E-state index >= 15 is 0 Å². The Morgan fingerprint density at radius 1 is 0.341 bits per heavy atom. The van der Waals surface area contributed by atoms with Gasteiger partial charge in [-0.2, -0.15) is 0 Å². The third kappa shape index (κ3) is 5.66. The van der Waals surface area contributed by atoms with E-state index in [0.717, 1.165) is 144 Å². The molecular weight excluding hydrogens is 1010 g/mol. The van der Waals surface area contributed by atoms with Crippen LogP contribution < -0.4 is 4.74 Å². The zero-order valence-electron chi connectivity index (χ0n) is 43.4. The van der Waals surface area contributed by atoms with Crippen LogP contribution >= 0.6 is 0 Å². The van der Waals surface area contributed by atoms with Gasteiger partial charge in [0.1, 0.15) is 0 Å². The van der Waals surface area contributed by atoms with E-state index in [4.69, 9.17) is 32.8 Å². The number of ether oxygens (including phenoxy) is 1. The van der Waals surface area contributed by atoms with Crippen molar-refractivity contribution in [3.8, 4) is 45.6 Å². The van der Waals surface area contributed by atoms with Gasteiger partial charge in [-0.05, 0) is 95.7 Å². The molecule has 0 unspecified atom stereocenters. The van der Waals surface area contributed by atoms with Crippen molar-refractivity contribution in [2.24, 2.45) is 0 Å². The first-order valence-electron chi connectivity index (χ1n) is 27.2. The van der Waals surface area contributed by atoms with Crippen LogP contribution in [0.4, 0.5) is 11.4 Å². The van der Waals surface area contributed by atoms with E-state index in [1.807, 2.05) is 61.2 Å². The lowest BCUT2D eigenvalue weighted by atomic mass is 9.66. The normalized spacial score (nSPS) is 13.0. The number of fused-ring (bicyclic) bond motifs is 21. The van der Waals surface area contributed by atoms with Gasteiger partial charge in [0.2, 0.25) is 0 Å². The summed E-state index contributed by atoms with van der Waals surface area (Å²) in [5.74, 6) is 1.32. The molecule has 82 heavy (non-hydrogen) atoms. The van der Waals surface area contributed by atoms with Crippen molar-refractivity contribution in [1.82, 2.24) is 33.2 Å². The van der Waals surface area contributed by atoms with Crippen molar-refractivity contribution in [3.63, 3.8) is 0 Å². The van der Waals surface area contributed by atoms with Gasteiger partial charge in [-0.15, -0.1) is 0 Å². The second-order valence-electron chi connectivity index (χ2n) is 21.3. The molecule has 18 rings (SSSR count). The van der Waals surface area contributed by atoms with Gasteiger partial charge in [0, 0.05) is 60.8 Å². The van der Waals surface area contributed by atoms with Gasteiger partial charge in [0.05, 0.1) is 115 Å². The SMILES string of the molecule is [C-]#[N+]c1ccc2c(c1)c1cc([N+]#[C-])ccc1n2-c1cccc2c1Oc1c(-n3c4ccccc4c4ccncc43)cccc1C21c2cc(-n3c4ccccc4c4ccccc43)cnc2-c2ncc(-n3c4ccccc4c4ccccc43)cc21. The first-order valence-corrected chi connectivity index (χ1v) is 27.2. The highest BCUT2D eigenvalue weighted by molar-refractivity contribution is 6.13. The van der Waals surface area contributed by atoms with Crippen LogP contribution in [0.1, 0.15) is 22.3 Å². The van der Waals surface area contributed by atoms with E-state index in [9.17, 15) is 0 Å². The molecular formula is C72H39N9O. The van der Waals surface area contributed by atoms with Crippen LogP contribution in [-0.4, -0.2) is 33.2 Å². The number of pyridine rings is 3. The highest BCUT2D eigenvalue weighted by Gasteiger charge is 2.54. The second-order valence-corrected chi connectivity index (χ2v) is 21.3. The van der Waals surface area contributed by atoms with Gasteiger partial charge in [0.15, 0.2) is 22.9 Å². The Morgan fingerprint density at radius 3 is 1.17 bits per heavy atom. The van der Waals surface area contributed by atoms with Crippen molar-refractivity contribution in [2.45, 2.75) is 5.41 Å². The molecule has 0 amide bonds. The summed E-state index contributed by atoms with van der Waals surface area (Å²) in [7, 11) is 0. The molecule has 16 aromatic rings. The van der Waals surface area contributed by atoms with Crippen LogP contribution in [0.15, 0.2) is 237 Å². The fourth-order valence-corrected chi connectivity index (χ4v) is 14.2. The standard InChI is InChI=1S/C72H39N9O/c1-73-42-29-31-63-52(35-42)53-36-43(74-2)30-32-64(53)80(63)65-27-13-20-54-70(65)82-71-55(21-14-28-66(71)81-62-26-12-7-19-50(62)51-33-34-75-41-67(51)81)72(54)56-37-44(78-58-22-8-3-15-46(58)47-16-4-9-23-59(47)78)39-76-68(56)69-57(72)38-45(40-77-69)79-60-24-10-5-17-48(60)49-18-6-11-25-61(49)79/h3-41H. The lowest BCUT2D eigenvalue weighted by Crippen LogP contribution is -2.33. The van der Waals surface area contributed by atoms with Crippen LogP contribution in [0.3, 0.4) is 0 Å². The van der Waals surface area contributed by atoms with Crippen molar-refractivity contribution in [1.29, 1.82) is 0 Å². The van der Waals surface area contributed by atoms with Crippen LogP contribution in [0, 0.1) is 13.1 Å². The molecule has 1 spiro atoms. The quantitative estimate of drug-likeness (QED) is 0.165. The Bertz CT molecular complexity index is 5230. The summed E-state index contributed by atoms with van der Waals surface area (Å²) in [6.07, 6.45) is 7.82. The van der Waals surface area contributed by atoms with Gasteiger partial charge < -0.3 is 23.0 Å². The third-order valence-electron chi connectivity index (χ3n) is 17.4. The molecule has 10 heteroatoms. The van der Waals surface area contributed by atoms with Gasteiger partial charge in [-0.1, -0.05) is 127 Å². The first kappa shape index (κ1) is 44.4. The highest BCUT2D eigenvalue weighted by atomic mass is 16.5. The molecule has 0 bridgehead atoms. The molecule has 0 atom stereocenters. The Kier molecular flexibility index (Phi) is 8.80. The Morgan fingerprint density at radius 2 is 0.732 bits per heavy atom. The van der Waals surface area contributed by atoms with Crippen LogP contribution in [0.25, 0.3) is 131 Å². The molecule has 1 aliphatic heterocycles. The zero-order valence-corrected chi connectivity index (χ0v) is 43.4. The Labute approximate surface area is 467 Å². The van der Waals surface area contributed by atoms with Crippen molar-refractivity contribution in [2.75, 3.05) is 0 Å². The first-order chi connectivity index (χ1) is 40.6. The summed E-state index contributed by atoms with van der Waals surface area (Å²) in [5, 5.41) is 8.54. The smallest absolute Gasteiger partial charge is 0.188 e. The largest absolute Gasteiger partial charge is 0.452 e. The minimum atomic E-state index is -1.13. The van der Waals surface area contributed by atoms with Crippen LogP contribution in [-0.2, 0) is 5.41 Å². The molecule has 0 fully saturated rings. The minimum Gasteiger partial charge on any atom is -0.452 e. The molecule has 0 radical (unpaired) electrons. The van der Waals surface area contributed by atoms with E-state index in [2.05, 4.69) is 204 Å². The molecule has 378 valence electrons. The summed E-state index contributed by atoms with van der Waals surface area (Å²) in [6.45, 7) is 16.1. The molecule has 0 saturated carbocycles. The number of rotatable bonds is 4. The maximum atomic E-state index is 8.07. The van der Waals surface area contributed by atoms with Gasteiger partial charge >= 0.3 is 0 Å². The molecule has 0 N–H and O–H groups in total. The minimum absolute atomic E-state index is 0.515. The summed E-state index contributed by atoms with van der Waals surface area (Å²) >= 11 is 0. The summed E-state index contributed by atoms with van der Waals surface area (Å²) in [6, 6.07) is 74.4. The Hall–Kier alpha value is -11.6. The predicted octanol–water partition coefficient (Wildman–Crippen LogP) is 17.8. The Balaban J connectivity index is 1.02. The molecule has 8 heterocycles. The second kappa shape index (κ2) is 16.2. The van der Waals surface area contributed by atoms with Gasteiger partial charge in [0.25, 0.3) is 0 Å². The maximum absolute atomic E-state index is 8.07. The highest BCUT2D eigenvalue weighted by Crippen LogP contribution is 2.64.